The number of carbonyl (C=O) groups is 2. The molecule has 172 valence electrons. The predicted octanol–water partition coefficient (Wildman–Crippen LogP) is 5.56. The lowest BCUT2D eigenvalue weighted by Crippen LogP contribution is -2.32. The molecule has 0 unspecified atom stereocenters. The van der Waals surface area contributed by atoms with Crippen molar-refractivity contribution in [1.29, 1.82) is 0 Å². The number of carbonyl (C=O) groups excluding carboxylic acids is 1. The van der Waals surface area contributed by atoms with Gasteiger partial charge in [0.05, 0.1) is 5.75 Å². The second-order valence-electron chi connectivity index (χ2n) is 8.04. The first-order valence-corrected chi connectivity index (χ1v) is 13.3. The third kappa shape index (κ3) is 21.4. The topological polar surface area (TPSA) is 101 Å². The fraction of sp³-hybridized carbons (Fsp3) is 0.909. The molecular weight excluding hydrogens is 390 g/mol. The van der Waals surface area contributed by atoms with E-state index >= 15 is 0 Å². The molecule has 0 aliphatic heterocycles. The molecule has 0 fully saturated rings. The van der Waals surface area contributed by atoms with Crippen LogP contribution in [-0.2, 0) is 19.6 Å². The van der Waals surface area contributed by atoms with Gasteiger partial charge >= 0.3 is 5.97 Å². The molecule has 1 amide bonds. The van der Waals surface area contributed by atoms with E-state index in [2.05, 4.69) is 4.72 Å². The lowest BCUT2D eigenvalue weighted by atomic mass is 10.0. The predicted molar refractivity (Wildman–Crippen MR) is 118 cm³/mol. The van der Waals surface area contributed by atoms with E-state index in [1.54, 1.807) is 0 Å². The Kier molecular flexibility index (Phi) is 18.2. The van der Waals surface area contributed by atoms with Gasteiger partial charge in [-0.05, 0) is 19.3 Å². The van der Waals surface area contributed by atoms with Crippen LogP contribution in [0.15, 0.2) is 0 Å². The quantitative estimate of drug-likeness (QED) is 0.231. The summed E-state index contributed by atoms with van der Waals surface area (Å²) < 4.78 is 25.4. The molecule has 0 aliphatic rings. The molecule has 0 aromatic heterocycles. The molecule has 0 aromatic rings. The average Bonchev–Trinajstić information content (AvgIpc) is 2.65. The van der Waals surface area contributed by atoms with Gasteiger partial charge in [0.2, 0.25) is 15.9 Å². The van der Waals surface area contributed by atoms with Crippen LogP contribution in [0, 0.1) is 0 Å². The molecule has 2 N–H and O–H groups in total. The molecule has 0 bridgehead atoms. The molecule has 0 spiro atoms. The van der Waals surface area contributed by atoms with Crippen molar-refractivity contribution in [2.45, 2.75) is 122 Å². The van der Waals surface area contributed by atoms with E-state index in [1.165, 1.54) is 51.4 Å². The van der Waals surface area contributed by atoms with Crippen LogP contribution in [0.25, 0.3) is 0 Å². The van der Waals surface area contributed by atoms with Crippen LogP contribution in [0.5, 0.6) is 0 Å². The number of hydrogen-bond donors (Lipinski definition) is 2. The van der Waals surface area contributed by atoms with E-state index in [0.29, 0.717) is 19.3 Å². The van der Waals surface area contributed by atoms with Crippen LogP contribution in [0.2, 0.25) is 0 Å². The largest absolute Gasteiger partial charge is 0.481 e. The average molecular weight is 434 g/mol. The Morgan fingerprint density at radius 1 is 0.655 bits per heavy atom. The monoisotopic (exact) mass is 433 g/mol. The molecule has 0 saturated heterocycles. The van der Waals surface area contributed by atoms with E-state index in [4.69, 9.17) is 5.11 Å². The minimum Gasteiger partial charge on any atom is -0.481 e. The highest BCUT2D eigenvalue weighted by atomic mass is 32.2. The zero-order valence-electron chi connectivity index (χ0n) is 18.4. The van der Waals surface area contributed by atoms with Crippen molar-refractivity contribution in [2.75, 3.05) is 5.75 Å². The van der Waals surface area contributed by atoms with Gasteiger partial charge < -0.3 is 5.11 Å². The number of carboxylic acid groups (broad SMARTS) is 1. The standard InChI is InChI=1S/C22H43NO5S/c1-2-3-20-29(27,28)23-21(24)18-16-14-12-10-8-6-4-5-7-9-11-13-15-17-19-22(25)26/h2-20H2,1H3,(H,23,24)(H,25,26). The van der Waals surface area contributed by atoms with Gasteiger partial charge in [0.15, 0.2) is 0 Å². The fourth-order valence-corrected chi connectivity index (χ4v) is 4.51. The zero-order chi connectivity index (χ0) is 21.8. The molecular formula is C22H43NO5S. The van der Waals surface area contributed by atoms with E-state index in [-0.39, 0.29) is 11.7 Å². The highest BCUT2D eigenvalue weighted by Gasteiger charge is 2.13. The Labute approximate surface area is 178 Å². The number of carboxylic acids is 1. The van der Waals surface area contributed by atoms with Crippen molar-refractivity contribution >= 4 is 21.9 Å². The van der Waals surface area contributed by atoms with Gasteiger partial charge in [-0.2, -0.15) is 0 Å². The summed E-state index contributed by atoms with van der Waals surface area (Å²) in [6.07, 6.45) is 17.7. The minimum absolute atomic E-state index is 0.0298. The Morgan fingerprint density at radius 2 is 1.03 bits per heavy atom. The zero-order valence-corrected chi connectivity index (χ0v) is 19.2. The van der Waals surface area contributed by atoms with Gasteiger partial charge in [0, 0.05) is 12.8 Å². The Hall–Kier alpha value is -1.11. The highest BCUT2D eigenvalue weighted by Crippen LogP contribution is 2.13. The van der Waals surface area contributed by atoms with Crippen molar-refractivity contribution in [3.05, 3.63) is 0 Å². The number of unbranched alkanes of at least 4 members (excludes halogenated alkanes) is 14. The molecule has 0 atom stereocenters. The highest BCUT2D eigenvalue weighted by molar-refractivity contribution is 7.90. The van der Waals surface area contributed by atoms with Gasteiger partial charge in [-0.1, -0.05) is 90.4 Å². The molecule has 0 aliphatic carbocycles. The van der Waals surface area contributed by atoms with Crippen molar-refractivity contribution < 1.29 is 23.1 Å². The Morgan fingerprint density at radius 3 is 1.41 bits per heavy atom. The number of sulfonamides is 1. The minimum atomic E-state index is -3.44. The van der Waals surface area contributed by atoms with Gasteiger partial charge in [0.1, 0.15) is 0 Å². The van der Waals surface area contributed by atoms with Gasteiger partial charge in [-0.25, -0.2) is 8.42 Å². The molecule has 0 aromatic carbocycles. The summed E-state index contributed by atoms with van der Waals surface area (Å²) in [6, 6.07) is 0. The first-order valence-electron chi connectivity index (χ1n) is 11.6. The summed E-state index contributed by atoms with van der Waals surface area (Å²) in [4.78, 5) is 22.1. The van der Waals surface area contributed by atoms with Crippen LogP contribution in [0.1, 0.15) is 122 Å². The number of rotatable bonds is 21. The van der Waals surface area contributed by atoms with Crippen LogP contribution >= 0.6 is 0 Å². The number of amides is 1. The van der Waals surface area contributed by atoms with Gasteiger partial charge in [-0.15, -0.1) is 0 Å². The van der Waals surface area contributed by atoms with E-state index in [0.717, 1.165) is 44.9 Å². The molecule has 0 heterocycles. The molecule has 0 saturated carbocycles. The Bertz CT molecular complexity index is 519. The van der Waals surface area contributed by atoms with Crippen LogP contribution < -0.4 is 4.72 Å². The first-order chi connectivity index (χ1) is 13.9. The SMILES string of the molecule is CCCCS(=O)(=O)NC(=O)CCCCCCCCCCCCCCCCC(=O)O. The molecule has 0 radical (unpaired) electrons. The van der Waals surface area contributed by atoms with Crippen molar-refractivity contribution in [3.8, 4) is 0 Å². The number of hydrogen-bond acceptors (Lipinski definition) is 4. The molecule has 0 rings (SSSR count). The smallest absolute Gasteiger partial charge is 0.303 e. The maximum Gasteiger partial charge on any atom is 0.303 e. The second kappa shape index (κ2) is 18.9. The normalized spacial score (nSPS) is 11.5. The van der Waals surface area contributed by atoms with E-state index in [9.17, 15) is 18.0 Å². The lowest BCUT2D eigenvalue weighted by Gasteiger charge is -2.06. The molecule has 6 nitrogen and oxygen atoms in total. The summed E-state index contributed by atoms with van der Waals surface area (Å²) in [5, 5.41) is 8.56. The summed E-state index contributed by atoms with van der Waals surface area (Å²) in [6.45, 7) is 1.92. The number of aliphatic carboxylic acids is 1. The molecule has 29 heavy (non-hydrogen) atoms. The van der Waals surface area contributed by atoms with Gasteiger partial charge in [-0.3, -0.25) is 14.3 Å². The van der Waals surface area contributed by atoms with Crippen LogP contribution in [0.3, 0.4) is 0 Å². The van der Waals surface area contributed by atoms with Crippen molar-refractivity contribution in [1.82, 2.24) is 4.72 Å². The summed E-state index contributed by atoms with van der Waals surface area (Å²) in [5.74, 6) is -1.03. The first kappa shape index (κ1) is 27.9. The van der Waals surface area contributed by atoms with Crippen LogP contribution in [-0.4, -0.2) is 31.2 Å². The summed E-state index contributed by atoms with van der Waals surface area (Å²) in [7, 11) is -3.44. The maximum atomic E-state index is 11.7. The Balaban J connectivity index is 3.31. The third-order valence-corrected chi connectivity index (χ3v) is 6.45. The van der Waals surface area contributed by atoms with Crippen molar-refractivity contribution in [2.24, 2.45) is 0 Å². The second-order valence-corrected chi connectivity index (χ2v) is 9.88. The van der Waals surface area contributed by atoms with E-state index in [1.807, 2.05) is 6.92 Å². The van der Waals surface area contributed by atoms with E-state index < -0.39 is 16.0 Å². The lowest BCUT2D eigenvalue weighted by molar-refractivity contribution is -0.137. The van der Waals surface area contributed by atoms with Crippen LogP contribution in [0.4, 0.5) is 0 Å². The van der Waals surface area contributed by atoms with Gasteiger partial charge in [0.25, 0.3) is 0 Å². The third-order valence-electron chi connectivity index (χ3n) is 5.08. The summed E-state index contributed by atoms with van der Waals surface area (Å²) >= 11 is 0. The molecule has 7 heteroatoms. The maximum absolute atomic E-state index is 11.7. The fourth-order valence-electron chi connectivity index (χ4n) is 3.29. The summed E-state index contributed by atoms with van der Waals surface area (Å²) in [5.41, 5.74) is 0. The van der Waals surface area contributed by atoms with Crippen molar-refractivity contribution in [3.63, 3.8) is 0 Å². The number of nitrogens with one attached hydrogen (secondary N) is 1.